The molecule has 0 aliphatic heterocycles. The highest BCUT2D eigenvalue weighted by atomic mass is 35.5. The van der Waals surface area contributed by atoms with Crippen LogP contribution in [0.2, 0.25) is 5.28 Å². The second-order valence-corrected chi connectivity index (χ2v) is 7.09. The van der Waals surface area contributed by atoms with E-state index in [0.717, 1.165) is 35.0 Å². The number of nitrogens with one attached hydrogen (secondary N) is 1. The lowest BCUT2D eigenvalue weighted by molar-refractivity contribution is 0.927. The number of hydrogen-bond donors (Lipinski definition) is 1. The second-order valence-electron chi connectivity index (χ2n) is 6.75. The van der Waals surface area contributed by atoms with Crippen molar-refractivity contribution in [2.45, 2.75) is 13.5 Å². The third-order valence-electron chi connectivity index (χ3n) is 4.78. The molecular formula is C21H21ClN6. The molecule has 6 nitrogen and oxygen atoms in total. The third kappa shape index (κ3) is 3.64. The number of rotatable bonds is 5. The monoisotopic (exact) mass is 392 g/mol. The zero-order valence-corrected chi connectivity index (χ0v) is 16.8. The second kappa shape index (κ2) is 7.48. The molecule has 0 fully saturated rings. The molecule has 0 atom stereocenters. The molecule has 0 unspecified atom stereocenters. The van der Waals surface area contributed by atoms with Crippen molar-refractivity contribution < 1.29 is 0 Å². The fourth-order valence-corrected chi connectivity index (χ4v) is 3.23. The van der Waals surface area contributed by atoms with Gasteiger partial charge in [0.1, 0.15) is 5.82 Å². The summed E-state index contributed by atoms with van der Waals surface area (Å²) >= 11 is 5.92. The zero-order valence-electron chi connectivity index (χ0n) is 16.0. The van der Waals surface area contributed by atoms with Gasteiger partial charge in [0.25, 0.3) is 0 Å². The minimum atomic E-state index is 0.228. The van der Waals surface area contributed by atoms with Crippen LogP contribution in [0.4, 0.5) is 17.5 Å². The van der Waals surface area contributed by atoms with Gasteiger partial charge in [0.05, 0.1) is 11.0 Å². The van der Waals surface area contributed by atoms with E-state index in [2.05, 4.69) is 57.1 Å². The number of halogens is 1. The Morgan fingerprint density at radius 1 is 1.07 bits per heavy atom. The maximum absolute atomic E-state index is 5.92. The first-order valence-corrected chi connectivity index (χ1v) is 9.37. The molecule has 2 aromatic carbocycles. The molecule has 0 spiro atoms. The number of aromatic nitrogens is 4. The number of anilines is 3. The minimum Gasteiger partial charge on any atom is -0.352 e. The molecule has 0 radical (unpaired) electrons. The average Bonchev–Trinajstić information content (AvgIpc) is 3.02. The van der Waals surface area contributed by atoms with Gasteiger partial charge in [-0.15, -0.1) is 0 Å². The van der Waals surface area contributed by atoms with Gasteiger partial charge in [-0.3, -0.25) is 0 Å². The molecule has 4 rings (SSSR count). The van der Waals surface area contributed by atoms with Crippen LogP contribution < -0.4 is 10.2 Å². The lowest BCUT2D eigenvalue weighted by Gasteiger charge is -2.18. The number of fused-ring (bicyclic) bond motifs is 1. The van der Waals surface area contributed by atoms with E-state index in [4.69, 9.17) is 16.6 Å². The highest BCUT2D eigenvalue weighted by molar-refractivity contribution is 6.28. The van der Waals surface area contributed by atoms with E-state index in [-0.39, 0.29) is 5.28 Å². The summed E-state index contributed by atoms with van der Waals surface area (Å²) in [5.74, 6) is 1.56. The van der Waals surface area contributed by atoms with E-state index in [1.807, 2.05) is 37.2 Å². The van der Waals surface area contributed by atoms with Crippen LogP contribution in [0.1, 0.15) is 11.1 Å². The van der Waals surface area contributed by atoms with E-state index >= 15 is 0 Å². The Labute approximate surface area is 168 Å². The van der Waals surface area contributed by atoms with Crippen LogP contribution in [0.15, 0.2) is 54.7 Å². The van der Waals surface area contributed by atoms with Crippen molar-refractivity contribution in [1.82, 2.24) is 19.5 Å². The van der Waals surface area contributed by atoms with Gasteiger partial charge < -0.3 is 14.8 Å². The van der Waals surface area contributed by atoms with E-state index in [9.17, 15) is 0 Å². The molecule has 0 bridgehead atoms. The quantitative estimate of drug-likeness (QED) is 0.498. The molecule has 0 aliphatic carbocycles. The molecule has 7 heteroatoms. The van der Waals surface area contributed by atoms with Gasteiger partial charge >= 0.3 is 0 Å². The Morgan fingerprint density at radius 2 is 1.86 bits per heavy atom. The number of imidazole rings is 1. The molecule has 0 amide bonds. The first-order chi connectivity index (χ1) is 13.5. The molecule has 2 aromatic heterocycles. The Bertz CT molecular complexity index is 1120. The van der Waals surface area contributed by atoms with Crippen LogP contribution in [0, 0.1) is 6.92 Å². The van der Waals surface area contributed by atoms with Gasteiger partial charge in [-0.05, 0) is 48.4 Å². The van der Waals surface area contributed by atoms with Gasteiger partial charge in [-0.25, -0.2) is 15.0 Å². The summed E-state index contributed by atoms with van der Waals surface area (Å²) in [5, 5.41) is 3.65. The zero-order chi connectivity index (χ0) is 19.7. The van der Waals surface area contributed by atoms with Gasteiger partial charge in [0.15, 0.2) is 0 Å². The molecule has 4 aromatic rings. The van der Waals surface area contributed by atoms with E-state index in [1.54, 1.807) is 6.20 Å². The fraction of sp³-hybridized carbons (Fsp3) is 0.190. The van der Waals surface area contributed by atoms with Crippen LogP contribution in [-0.4, -0.2) is 26.6 Å². The summed E-state index contributed by atoms with van der Waals surface area (Å²) in [7, 11) is 3.96. The highest BCUT2D eigenvalue weighted by Gasteiger charge is 2.12. The summed E-state index contributed by atoms with van der Waals surface area (Å²) in [5.41, 5.74) is 5.43. The van der Waals surface area contributed by atoms with Crippen molar-refractivity contribution in [2.75, 3.05) is 17.3 Å². The Kier molecular flexibility index (Phi) is 4.88. The van der Waals surface area contributed by atoms with Gasteiger partial charge in [-0.2, -0.15) is 0 Å². The Morgan fingerprint density at radius 3 is 2.61 bits per heavy atom. The smallest absolute Gasteiger partial charge is 0.224 e. The molecule has 28 heavy (non-hydrogen) atoms. The summed E-state index contributed by atoms with van der Waals surface area (Å²) in [4.78, 5) is 14.9. The Hall–Kier alpha value is -3.12. The first kappa shape index (κ1) is 18.3. The van der Waals surface area contributed by atoms with Gasteiger partial charge in [-0.1, -0.05) is 29.8 Å². The third-order valence-corrected chi connectivity index (χ3v) is 4.96. The number of aryl methyl sites for hydroxylation is 2. The predicted octanol–water partition coefficient (Wildman–Crippen LogP) is 4.71. The molecule has 1 N–H and O–H groups in total. The van der Waals surface area contributed by atoms with Crippen molar-refractivity contribution in [3.05, 3.63) is 71.1 Å². The average molecular weight is 393 g/mol. The SMILES string of the molecule is Cc1ccc(CNc2nc3cc(N(C)c4ccnc(Cl)n4)ccc3n2C)cc1. The van der Waals surface area contributed by atoms with E-state index in [1.165, 1.54) is 11.1 Å². The standard InChI is InChI=1S/C21H21ClN6/c1-14-4-6-15(7-5-14)13-24-21-25-17-12-16(8-9-18(17)28(21)3)27(2)19-10-11-23-20(22)26-19/h4-12H,13H2,1-3H3,(H,24,25). The van der Waals surface area contributed by atoms with Crippen molar-refractivity contribution in [1.29, 1.82) is 0 Å². The summed E-state index contributed by atoms with van der Waals surface area (Å²) in [6, 6.07) is 16.5. The van der Waals surface area contributed by atoms with E-state index < -0.39 is 0 Å². The topological polar surface area (TPSA) is 58.9 Å². The van der Waals surface area contributed by atoms with Crippen molar-refractivity contribution >= 4 is 40.1 Å². The molecule has 142 valence electrons. The predicted molar refractivity (Wildman–Crippen MR) is 114 cm³/mol. The largest absolute Gasteiger partial charge is 0.352 e. The summed E-state index contributed by atoms with van der Waals surface area (Å²) in [6.45, 7) is 2.82. The molecular weight excluding hydrogens is 372 g/mol. The van der Waals surface area contributed by atoms with Crippen molar-refractivity contribution in [3.8, 4) is 0 Å². The molecule has 0 saturated heterocycles. The lowest BCUT2D eigenvalue weighted by atomic mass is 10.1. The highest BCUT2D eigenvalue weighted by Crippen LogP contribution is 2.27. The van der Waals surface area contributed by atoms with Crippen LogP contribution in [0.25, 0.3) is 11.0 Å². The maximum Gasteiger partial charge on any atom is 0.224 e. The minimum absolute atomic E-state index is 0.228. The number of benzene rings is 2. The summed E-state index contributed by atoms with van der Waals surface area (Å²) in [6.07, 6.45) is 1.65. The molecule has 0 aliphatic rings. The number of nitrogens with zero attached hydrogens (tertiary/aromatic N) is 5. The van der Waals surface area contributed by atoms with E-state index in [0.29, 0.717) is 0 Å². The fourth-order valence-electron chi connectivity index (χ4n) is 3.09. The van der Waals surface area contributed by atoms with Gasteiger partial charge in [0, 0.05) is 32.5 Å². The van der Waals surface area contributed by atoms with Crippen LogP contribution in [0.5, 0.6) is 0 Å². The number of hydrogen-bond acceptors (Lipinski definition) is 5. The van der Waals surface area contributed by atoms with Crippen molar-refractivity contribution in [2.24, 2.45) is 7.05 Å². The van der Waals surface area contributed by atoms with Crippen LogP contribution in [0.3, 0.4) is 0 Å². The van der Waals surface area contributed by atoms with Crippen LogP contribution in [-0.2, 0) is 13.6 Å². The lowest BCUT2D eigenvalue weighted by Crippen LogP contribution is -2.11. The Balaban J connectivity index is 1.59. The summed E-state index contributed by atoms with van der Waals surface area (Å²) < 4.78 is 2.06. The normalized spacial score (nSPS) is 11.0. The van der Waals surface area contributed by atoms with Crippen LogP contribution >= 0.6 is 11.6 Å². The van der Waals surface area contributed by atoms with Gasteiger partial charge in [0.2, 0.25) is 11.2 Å². The molecule has 0 saturated carbocycles. The molecule has 2 heterocycles. The first-order valence-electron chi connectivity index (χ1n) is 8.99. The maximum atomic E-state index is 5.92. The van der Waals surface area contributed by atoms with Crippen molar-refractivity contribution in [3.63, 3.8) is 0 Å².